The second-order valence-corrected chi connectivity index (χ2v) is 7.29. The third-order valence-electron chi connectivity index (χ3n) is 5.12. The van der Waals surface area contributed by atoms with Crippen molar-refractivity contribution < 1.29 is 0 Å². The zero-order chi connectivity index (χ0) is 18.5. The molecule has 0 aromatic carbocycles. The summed E-state index contributed by atoms with van der Waals surface area (Å²) in [6, 6.07) is 0. The molecule has 0 amide bonds. The Kier molecular flexibility index (Phi) is 10.1. The highest BCUT2D eigenvalue weighted by molar-refractivity contribution is 5.79. The summed E-state index contributed by atoms with van der Waals surface area (Å²) in [7, 11) is 1.84. The third-order valence-corrected chi connectivity index (χ3v) is 5.12. The molecule has 148 valence electrons. The minimum Gasteiger partial charge on any atom is -0.356 e. The largest absolute Gasteiger partial charge is 0.356 e. The van der Waals surface area contributed by atoms with E-state index in [1.807, 2.05) is 7.05 Å². The normalized spacial score (nSPS) is 14.8. The molecule has 2 heterocycles. The molecule has 26 heavy (non-hydrogen) atoms. The van der Waals surface area contributed by atoms with Crippen molar-refractivity contribution in [2.75, 3.05) is 20.1 Å². The molecule has 1 aliphatic heterocycles. The molecule has 0 radical (unpaired) electrons. The van der Waals surface area contributed by atoms with E-state index in [1.54, 1.807) is 0 Å². The number of nitrogens with one attached hydrogen (secondary N) is 2. The molecule has 1 aromatic heterocycles. The van der Waals surface area contributed by atoms with Crippen LogP contribution in [-0.2, 0) is 19.4 Å². The summed E-state index contributed by atoms with van der Waals surface area (Å²) in [5.41, 5.74) is 0. The molecule has 0 aliphatic carbocycles. The Morgan fingerprint density at radius 2 is 1.73 bits per heavy atom. The van der Waals surface area contributed by atoms with E-state index < -0.39 is 0 Å². The van der Waals surface area contributed by atoms with E-state index in [9.17, 15) is 0 Å². The number of aromatic nitrogens is 3. The summed E-state index contributed by atoms with van der Waals surface area (Å²) >= 11 is 0. The van der Waals surface area contributed by atoms with E-state index in [0.717, 1.165) is 44.3 Å². The number of guanidine groups is 1. The van der Waals surface area contributed by atoms with Crippen LogP contribution in [0.2, 0.25) is 0 Å². The second kappa shape index (κ2) is 12.7. The molecule has 0 saturated heterocycles. The van der Waals surface area contributed by atoms with Crippen molar-refractivity contribution in [3.8, 4) is 0 Å². The molecule has 0 unspecified atom stereocenters. The number of fused-ring (bicyclic) bond motifs is 1. The van der Waals surface area contributed by atoms with Crippen molar-refractivity contribution in [3.05, 3.63) is 11.6 Å². The van der Waals surface area contributed by atoms with Crippen LogP contribution in [0.5, 0.6) is 0 Å². The fraction of sp³-hybridized carbons (Fsp3) is 0.850. The first-order chi connectivity index (χ1) is 12.8. The topological polar surface area (TPSA) is 67.1 Å². The van der Waals surface area contributed by atoms with E-state index in [-0.39, 0.29) is 0 Å². The van der Waals surface area contributed by atoms with Crippen LogP contribution in [0.3, 0.4) is 0 Å². The van der Waals surface area contributed by atoms with Gasteiger partial charge in [-0.15, -0.1) is 10.2 Å². The molecular formula is C20H38N6. The average molecular weight is 363 g/mol. The fourth-order valence-electron chi connectivity index (χ4n) is 3.53. The van der Waals surface area contributed by atoms with E-state index in [1.165, 1.54) is 70.0 Å². The average Bonchev–Trinajstić information content (AvgIpc) is 2.88. The van der Waals surface area contributed by atoms with Gasteiger partial charge in [0, 0.05) is 39.5 Å². The molecule has 2 rings (SSSR count). The van der Waals surface area contributed by atoms with Crippen molar-refractivity contribution in [2.45, 2.75) is 90.5 Å². The smallest absolute Gasteiger partial charge is 0.190 e. The standard InChI is InChI=1S/C20H38N6/c1-3-4-5-6-7-8-11-15-22-20(21-2)23-16-14-19-25-24-18-13-10-9-12-17-26(18)19/h3-17H2,1-2H3,(H2,21,22,23). The van der Waals surface area contributed by atoms with Gasteiger partial charge in [0.2, 0.25) is 0 Å². The first-order valence-electron chi connectivity index (χ1n) is 10.7. The quantitative estimate of drug-likeness (QED) is 0.359. The number of rotatable bonds is 11. The van der Waals surface area contributed by atoms with Gasteiger partial charge in [0.25, 0.3) is 0 Å². The van der Waals surface area contributed by atoms with Crippen LogP contribution in [0.15, 0.2) is 4.99 Å². The number of aliphatic imine (C=N–C) groups is 1. The van der Waals surface area contributed by atoms with Crippen LogP contribution in [0.1, 0.15) is 82.8 Å². The SMILES string of the molecule is CCCCCCCCCNC(=NC)NCCc1nnc2n1CCCCC2. The Labute approximate surface area is 159 Å². The van der Waals surface area contributed by atoms with Crippen LogP contribution >= 0.6 is 0 Å². The maximum Gasteiger partial charge on any atom is 0.190 e. The number of hydrogen-bond acceptors (Lipinski definition) is 3. The van der Waals surface area contributed by atoms with Gasteiger partial charge < -0.3 is 15.2 Å². The molecule has 2 N–H and O–H groups in total. The lowest BCUT2D eigenvalue weighted by atomic mass is 10.1. The van der Waals surface area contributed by atoms with E-state index in [2.05, 4.69) is 37.3 Å². The molecule has 0 spiro atoms. The minimum absolute atomic E-state index is 0.842. The summed E-state index contributed by atoms with van der Waals surface area (Å²) in [4.78, 5) is 4.32. The van der Waals surface area contributed by atoms with Gasteiger partial charge in [-0.1, -0.05) is 51.9 Å². The van der Waals surface area contributed by atoms with Crippen molar-refractivity contribution in [2.24, 2.45) is 4.99 Å². The molecule has 0 saturated carbocycles. The Balaban J connectivity index is 1.58. The lowest BCUT2D eigenvalue weighted by Gasteiger charge is -2.12. The predicted octanol–water partition coefficient (Wildman–Crippen LogP) is 3.46. The van der Waals surface area contributed by atoms with E-state index in [4.69, 9.17) is 0 Å². The Morgan fingerprint density at radius 1 is 0.962 bits per heavy atom. The van der Waals surface area contributed by atoms with Gasteiger partial charge in [-0.25, -0.2) is 0 Å². The molecule has 0 atom stereocenters. The minimum atomic E-state index is 0.842. The molecule has 0 bridgehead atoms. The van der Waals surface area contributed by atoms with Gasteiger partial charge in [0.1, 0.15) is 11.6 Å². The number of hydrogen-bond donors (Lipinski definition) is 2. The molecule has 1 aliphatic rings. The monoisotopic (exact) mass is 362 g/mol. The van der Waals surface area contributed by atoms with Crippen LogP contribution in [-0.4, -0.2) is 40.9 Å². The summed E-state index contributed by atoms with van der Waals surface area (Å²) in [5.74, 6) is 3.17. The predicted molar refractivity (Wildman–Crippen MR) is 109 cm³/mol. The first-order valence-corrected chi connectivity index (χ1v) is 10.7. The number of aryl methyl sites for hydroxylation is 1. The molecular weight excluding hydrogens is 324 g/mol. The van der Waals surface area contributed by atoms with Gasteiger partial charge in [-0.2, -0.15) is 0 Å². The highest BCUT2D eigenvalue weighted by Gasteiger charge is 2.14. The summed E-state index contributed by atoms with van der Waals surface area (Å²) in [6.07, 6.45) is 15.1. The highest BCUT2D eigenvalue weighted by Crippen LogP contribution is 2.14. The Bertz CT molecular complexity index is 522. The Morgan fingerprint density at radius 3 is 2.54 bits per heavy atom. The molecule has 6 nitrogen and oxygen atoms in total. The van der Waals surface area contributed by atoms with Gasteiger partial charge in [-0.3, -0.25) is 4.99 Å². The zero-order valence-corrected chi connectivity index (χ0v) is 16.9. The number of unbranched alkanes of at least 4 members (excludes halogenated alkanes) is 6. The first kappa shape index (κ1) is 20.7. The van der Waals surface area contributed by atoms with Crippen molar-refractivity contribution in [1.29, 1.82) is 0 Å². The van der Waals surface area contributed by atoms with Crippen molar-refractivity contribution in [3.63, 3.8) is 0 Å². The van der Waals surface area contributed by atoms with Crippen molar-refractivity contribution in [1.82, 2.24) is 25.4 Å². The van der Waals surface area contributed by atoms with Crippen LogP contribution in [0.25, 0.3) is 0 Å². The lowest BCUT2D eigenvalue weighted by molar-refractivity contribution is 0.582. The number of nitrogens with zero attached hydrogens (tertiary/aromatic N) is 4. The highest BCUT2D eigenvalue weighted by atomic mass is 15.3. The summed E-state index contributed by atoms with van der Waals surface area (Å²) in [5, 5.41) is 15.6. The van der Waals surface area contributed by atoms with Gasteiger partial charge >= 0.3 is 0 Å². The van der Waals surface area contributed by atoms with E-state index in [0.29, 0.717) is 0 Å². The van der Waals surface area contributed by atoms with Gasteiger partial charge in [0.05, 0.1) is 0 Å². The van der Waals surface area contributed by atoms with Crippen LogP contribution < -0.4 is 10.6 Å². The fourth-order valence-corrected chi connectivity index (χ4v) is 3.53. The van der Waals surface area contributed by atoms with Gasteiger partial charge in [0.15, 0.2) is 5.96 Å². The summed E-state index contributed by atoms with van der Waals surface area (Å²) in [6.45, 7) is 5.17. The maximum absolute atomic E-state index is 4.39. The maximum atomic E-state index is 4.39. The molecule has 1 aromatic rings. The van der Waals surface area contributed by atoms with Crippen LogP contribution in [0, 0.1) is 0 Å². The van der Waals surface area contributed by atoms with Gasteiger partial charge in [-0.05, 0) is 19.3 Å². The molecule has 6 heteroatoms. The lowest BCUT2D eigenvalue weighted by Crippen LogP contribution is -2.39. The molecule has 0 fully saturated rings. The second-order valence-electron chi connectivity index (χ2n) is 7.29. The Hall–Kier alpha value is -1.59. The van der Waals surface area contributed by atoms with Crippen molar-refractivity contribution >= 4 is 5.96 Å². The zero-order valence-electron chi connectivity index (χ0n) is 16.9. The summed E-state index contributed by atoms with van der Waals surface area (Å²) < 4.78 is 2.32. The van der Waals surface area contributed by atoms with E-state index >= 15 is 0 Å². The third kappa shape index (κ3) is 7.34. The van der Waals surface area contributed by atoms with Crippen LogP contribution in [0.4, 0.5) is 0 Å².